The molecule has 2 aromatic carbocycles. The van der Waals surface area contributed by atoms with Crippen molar-refractivity contribution in [3.8, 4) is 5.75 Å². The lowest BCUT2D eigenvalue weighted by molar-refractivity contribution is 0.0343. The highest BCUT2D eigenvalue weighted by atomic mass is 16.5. The van der Waals surface area contributed by atoms with Crippen molar-refractivity contribution in [2.45, 2.75) is 32.5 Å². The van der Waals surface area contributed by atoms with Gasteiger partial charge in [-0.2, -0.15) is 0 Å². The van der Waals surface area contributed by atoms with Crippen molar-refractivity contribution in [2.75, 3.05) is 32.1 Å². The van der Waals surface area contributed by atoms with E-state index in [4.69, 9.17) is 9.84 Å². The van der Waals surface area contributed by atoms with Gasteiger partial charge in [-0.3, -0.25) is 19.5 Å². The topological polar surface area (TPSA) is 145 Å². The number of carboxylic acid groups (broad SMARTS) is 1. The molecule has 0 saturated carbocycles. The largest absolute Gasteiger partial charge is 0.486 e. The van der Waals surface area contributed by atoms with Crippen molar-refractivity contribution in [3.05, 3.63) is 83.4 Å². The Labute approximate surface area is 232 Å². The third-order valence-electron chi connectivity index (χ3n) is 6.88. The van der Waals surface area contributed by atoms with Gasteiger partial charge in [-0.15, -0.1) is 0 Å². The number of carboxylic acids is 1. The van der Waals surface area contributed by atoms with Gasteiger partial charge in [0.1, 0.15) is 11.8 Å². The average Bonchev–Trinajstić information content (AvgIpc) is 2.95. The van der Waals surface area contributed by atoms with Gasteiger partial charge in [0.25, 0.3) is 11.8 Å². The first-order valence-corrected chi connectivity index (χ1v) is 13.0. The predicted molar refractivity (Wildman–Crippen MR) is 147 cm³/mol. The molecule has 0 unspecified atom stereocenters. The standard InChI is InChI=1S/C29H33N5O6/c1-18-14-34(19(2)17-35)28(37)22-5-4-6-23(32-27(36)24-13-30-11-12-31-24)26(22)40-25(18)16-33(3)15-20-7-9-21(10-8-20)29(38)39/h4-13,18-19,25,35H,14-17H2,1-3H3,(H,32,36)(H,38,39)/t18-,19+,25-/m1/s1. The summed E-state index contributed by atoms with van der Waals surface area (Å²) in [6, 6.07) is 11.3. The maximum absolute atomic E-state index is 13.6. The second kappa shape index (κ2) is 12.7. The zero-order valence-electron chi connectivity index (χ0n) is 22.7. The number of amides is 2. The van der Waals surface area contributed by atoms with E-state index in [1.807, 2.05) is 14.0 Å². The summed E-state index contributed by atoms with van der Waals surface area (Å²) >= 11 is 0. The van der Waals surface area contributed by atoms with E-state index in [1.54, 1.807) is 54.3 Å². The van der Waals surface area contributed by atoms with Crippen LogP contribution in [0.2, 0.25) is 0 Å². The summed E-state index contributed by atoms with van der Waals surface area (Å²) in [6.07, 6.45) is 3.84. The first kappa shape index (κ1) is 28.7. The number of nitrogens with zero attached hydrogens (tertiary/aromatic N) is 4. The van der Waals surface area contributed by atoms with Gasteiger partial charge in [0.2, 0.25) is 0 Å². The zero-order valence-corrected chi connectivity index (χ0v) is 22.7. The summed E-state index contributed by atoms with van der Waals surface area (Å²) in [7, 11) is 1.93. The van der Waals surface area contributed by atoms with Crippen LogP contribution < -0.4 is 10.1 Å². The van der Waals surface area contributed by atoms with Gasteiger partial charge in [0.05, 0.1) is 35.7 Å². The van der Waals surface area contributed by atoms with Crippen LogP contribution in [0.5, 0.6) is 5.75 Å². The van der Waals surface area contributed by atoms with Gasteiger partial charge in [-0.1, -0.05) is 25.1 Å². The predicted octanol–water partition coefficient (Wildman–Crippen LogP) is 2.78. The molecular weight excluding hydrogens is 514 g/mol. The lowest BCUT2D eigenvalue weighted by Gasteiger charge is -2.38. The fourth-order valence-electron chi connectivity index (χ4n) is 4.60. The van der Waals surface area contributed by atoms with Gasteiger partial charge < -0.3 is 25.2 Å². The maximum atomic E-state index is 13.6. The molecule has 0 spiro atoms. The van der Waals surface area contributed by atoms with Crippen LogP contribution in [-0.2, 0) is 6.54 Å². The summed E-state index contributed by atoms with van der Waals surface area (Å²) in [6.45, 7) is 4.95. The zero-order chi connectivity index (χ0) is 28.8. The average molecular weight is 548 g/mol. The van der Waals surface area contributed by atoms with Crippen molar-refractivity contribution in [2.24, 2.45) is 5.92 Å². The highest BCUT2D eigenvalue weighted by molar-refractivity contribution is 6.06. The summed E-state index contributed by atoms with van der Waals surface area (Å²) in [4.78, 5) is 49.4. The molecule has 11 nitrogen and oxygen atoms in total. The van der Waals surface area contributed by atoms with Crippen molar-refractivity contribution < 1.29 is 29.3 Å². The number of aromatic nitrogens is 2. The molecule has 0 aliphatic carbocycles. The number of aromatic carboxylic acids is 1. The monoisotopic (exact) mass is 547 g/mol. The van der Waals surface area contributed by atoms with E-state index in [-0.39, 0.29) is 41.0 Å². The Morgan fingerprint density at radius 2 is 1.95 bits per heavy atom. The molecule has 0 bridgehead atoms. The molecule has 0 saturated heterocycles. The molecule has 3 atom stereocenters. The number of carbonyl (C=O) groups is 3. The van der Waals surface area contributed by atoms with Gasteiger partial charge in [0.15, 0.2) is 5.75 Å². The first-order chi connectivity index (χ1) is 19.2. The molecular formula is C29H33N5O6. The van der Waals surface area contributed by atoms with Crippen molar-refractivity contribution >= 4 is 23.5 Å². The Bertz CT molecular complexity index is 1350. The Hall–Kier alpha value is -4.35. The quantitative estimate of drug-likeness (QED) is 0.368. The minimum atomic E-state index is -0.978. The van der Waals surface area contributed by atoms with Gasteiger partial charge in [-0.25, -0.2) is 9.78 Å². The van der Waals surface area contributed by atoms with E-state index in [0.717, 1.165) is 5.56 Å². The molecule has 0 radical (unpaired) electrons. The van der Waals surface area contributed by atoms with Crippen molar-refractivity contribution in [1.82, 2.24) is 19.8 Å². The van der Waals surface area contributed by atoms with Gasteiger partial charge in [0, 0.05) is 37.9 Å². The molecule has 1 aliphatic heterocycles. The molecule has 210 valence electrons. The number of carbonyl (C=O) groups excluding carboxylic acids is 2. The third-order valence-corrected chi connectivity index (χ3v) is 6.88. The molecule has 40 heavy (non-hydrogen) atoms. The summed E-state index contributed by atoms with van der Waals surface area (Å²) in [5, 5.41) is 21.9. The minimum Gasteiger partial charge on any atom is -0.486 e. The summed E-state index contributed by atoms with van der Waals surface area (Å²) in [5.74, 6) is -1.66. The van der Waals surface area contributed by atoms with Crippen LogP contribution in [0.25, 0.3) is 0 Å². The van der Waals surface area contributed by atoms with E-state index in [2.05, 4.69) is 20.2 Å². The van der Waals surface area contributed by atoms with Crippen LogP contribution in [-0.4, -0.2) is 86.7 Å². The van der Waals surface area contributed by atoms with Crippen molar-refractivity contribution in [3.63, 3.8) is 0 Å². The number of aliphatic hydroxyl groups excluding tert-OH is 1. The molecule has 1 aliphatic rings. The Morgan fingerprint density at radius 3 is 2.60 bits per heavy atom. The normalized spacial score (nSPS) is 17.8. The number of hydrogen-bond acceptors (Lipinski definition) is 8. The molecule has 2 heterocycles. The number of ether oxygens (including phenoxy) is 1. The molecule has 3 N–H and O–H groups in total. The Balaban J connectivity index is 1.64. The minimum absolute atomic E-state index is 0.117. The van der Waals surface area contributed by atoms with Crippen LogP contribution in [0.4, 0.5) is 5.69 Å². The van der Waals surface area contributed by atoms with Crippen LogP contribution in [0, 0.1) is 5.92 Å². The molecule has 0 fully saturated rings. The summed E-state index contributed by atoms with van der Waals surface area (Å²) in [5.41, 5.74) is 1.88. The fourth-order valence-corrected chi connectivity index (χ4v) is 4.60. The number of para-hydroxylation sites is 1. The number of rotatable bonds is 9. The lowest BCUT2D eigenvalue weighted by atomic mass is 9.98. The third kappa shape index (κ3) is 6.61. The number of likely N-dealkylation sites (N-methyl/N-ethyl adjacent to an activating group) is 1. The van der Waals surface area contributed by atoms with Gasteiger partial charge in [-0.05, 0) is 43.8 Å². The van der Waals surface area contributed by atoms with E-state index in [0.29, 0.717) is 25.3 Å². The molecule has 2 amide bonds. The fraction of sp³-hybridized carbons (Fsp3) is 0.345. The highest BCUT2D eigenvalue weighted by Gasteiger charge is 2.34. The molecule has 11 heteroatoms. The first-order valence-electron chi connectivity index (χ1n) is 13.0. The van der Waals surface area contributed by atoms with E-state index < -0.39 is 24.0 Å². The van der Waals surface area contributed by atoms with Crippen LogP contribution >= 0.6 is 0 Å². The second-order valence-corrected chi connectivity index (χ2v) is 10.0. The second-order valence-electron chi connectivity index (χ2n) is 10.0. The number of aliphatic hydroxyl groups is 1. The number of anilines is 1. The number of hydrogen-bond donors (Lipinski definition) is 3. The molecule has 4 rings (SSSR count). The Kier molecular flexibility index (Phi) is 9.08. The SMILES string of the molecule is C[C@@H]1CN([C@@H](C)CO)C(=O)c2cccc(NC(=O)c3cnccn3)c2O[C@@H]1CN(C)Cc1ccc(C(=O)O)cc1. The number of benzene rings is 2. The highest BCUT2D eigenvalue weighted by Crippen LogP contribution is 2.35. The van der Waals surface area contributed by atoms with Crippen LogP contribution in [0.15, 0.2) is 61.1 Å². The van der Waals surface area contributed by atoms with Crippen molar-refractivity contribution in [1.29, 1.82) is 0 Å². The van der Waals surface area contributed by atoms with E-state index >= 15 is 0 Å². The number of nitrogens with one attached hydrogen (secondary N) is 1. The van der Waals surface area contributed by atoms with Crippen LogP contribution in [0.1, 0.15) is 50.6 Å². The van der Waals surface area contributed by atoms with E-state index in [1.165, 1.54) is 18.6 Å². The van der Waals surface area contributed by atoms with Gasteiger partial charge >= 0.3 is 5.97 Å². The number of fused-ring (bicyclic) bond motifs is 1. The summed E-state index contributed by atoms with van der Waals surface area (Å²) < 4.78 is 6.53. The van der Waals surface area contributed by atoms with Crippen LogP contribution in [0.3, 0.4) is 0 Å². The van der Waals surface area contributed by atoms with E-state index in [9.17, 15) is 19.5 Å². The molecule has 1 aromatic heterocycles. The maximum Gasteiger partial charge on any atom is 0.335 e. The molecule has 3 aromatic rings. The smallest absolute Gasteiger partial charge is 0.335 e. The Morgan fingerprint density at radius 1 is 1.20 bits per heavy atom. The lowest BCUT2D eigenvalue weighted by Crippen LogP contribution is -2.49.